The molecule has 0 N–H and O–H groups in total. The minimum absolute atomic E-state index is 0.204. The van der Waals surface area contributed by atoms with Crippen LogP contribution in [-0.2, 0) is 11.2 Å². The van der Waals surface area contributed by atoms with Crippen LogP contribution in [0.3, 0.4) is 0 Å². The molecule has 1 unspecified atom stereocenters. The van der Waals surface area contributed by atoms with Crippen molar-refractivity contribution in [2.24, 2.45) is 11.3 Å². The number of ketones is 1. The van der Waals surface area contributed by atoms with Crippen LogP contribution in [-0.4, -0.2) is 5.78 Å². The van der Waals surface area contributed by atoms with Crippen molar-refractivity contribution in [3.63, 3.8) is 0 Å². The monoisotopic (exact) mass is 296 g/mol. The van der Waals surface area contributed by atoms with E-state index in [1.54, 1.807) is 0 Å². The smallest absolute Gasteiger partial charge is 0.137 e. The maximum atomic E-state index is 11.9. The third-order valence-electron chi connectivity index (χ3n) is 3.33. The maximum absolute atomic E-state index is 11.9. The Hall–Kier alpha value is -0.630. The first-order valence-corrected chi connectivity index (χ1v) is 6.84. The number of rotatable bonds is 4. The first kappa shape index (κ1) is 14.4. The molecule has 0 saturated carbocycles. The van der Waals surface area contributed by atoms with Gasteiger partial charge in [-0.15, -0.1) is 0 Å². The Bertz CT molecular complexity index is 373. The van der Waals surface area contributed by atoms with Gasteiger partial charge < -0.3 is 0 Å². The molecule has 1 atom stereocenters. The van der Waals surface area contributed by atoms with Crippen LogP contribution in [0.5, 0.6) is 0 Å². The molecule has 2 heteroatoms. The summed E-state index contributed by atoms with van der Waals surface area (Å²) in [5, 5.41) is 0. The highest BCUT2D eigenvalue weighted by atomic mass is 79.9. The molecule has 0 bridgehead atoms. The van der Waals surface area contributed by atoms with E-state index in [4.69, 9.17) is 0 Å². The topological polar surface area (TPSA) is 17.1 Å². The fraction of sp³-hybridized carbons (Fsp3) is 0.533. The second-order valence-electron chi connectivity index (χ2n) is 5.81. The van der Waals surface area contributed by atoms with E-state index in [0.29, 0.717) is 24.5 Å². The summed E-state index contributed by atoms with van der Waals surface area (Å²) in [5.41, 5.74) is 1.30. The minimum atomic E-state index is 0.204. The lowest BCUT2D eigenvalue weighted by Gasteiger charge is -2.26. The number of Topliss-reactive ketones (excluding diaryl/α,β-unsaturated/α-hetero) is 1. The van der Waals surface area contributed by atoms with Crippen molar-refractivity contribution in [2.45, 2.75) is 40.5 Å². The van der Waals surface area contributed by atoms with Gasteiger partial charge in [0.05, 0.1) is 0 Å². The van der Waals surface area contributed by atoms with Crippen LogP contribution in [0.4, 0.5) is 0 Å². The molecule has 0 fully saturated rings. The van der Waals surface area contributed by atoms with Crippen molar-refractivity contribution in [2.75, 3.05) is 0 Å². The van der Waals surface area contributed by atoms with Crippen LogP contribution in [0.15, 0.2) is 28.7 Å². The Morgan fingerprint density at radius 2 is 1.76 bits per heavy atom. The summed E-state index contributed by atoms with van der Waals surface area (Å²) in [6.07, 6.45) is 1.22. The van der Waals surface area contributed by atoms with Crippen molar-refractivity contribution in [1.29, 1.82) is 0 Å². The van der Waals surface area contributed by atoms with Crippen molar-refractivity contribution in [1.82, 2.24) is 0 Å². The Kier molecular flexibility index (Phi) is 4.93. The van der Waals surface area contributed by atoms with Gasteiger partial charge in [0.25, 0.3) is 0 Å². The molecule has 1 aromatic carbocycles. The molecule has 0 aliphatic rings. The average molecular weight is 297 g/mol. The second-order valence-corrected chi connectivity index (χ2v) is 6.73. The highest BCUT2D eigenvalue weighted by Crippen LogP contribution is 2.28. The number of hydrogen-bond acceptors (Lipinski definition) is 1. The molecular weight excluding hydrogens is 276 g/mol. The Balaban J connectivity index is 2.53. The highest BCUT2D eigenvalue weighted by Gasteiger charge is 2.22. The normalized spacial score (nSPS) is 13.5. The molecule has 0 aliphatic heterocycles. The van der Waals surface area contributed by atoms with Crippen LogP contribution >= 0.6 is 15.9 Å². The molecule has 1 rings (SSSR count). The van der Waals surface area contributed by atoms with Crippen molar-refractivity contribution in [3.05, 3.63) is 34.3 Å². The van der Waals surface area contributed by atoms with Gasteiger partial charge in [-0.3, -0.25) is 4.79 Å². The lowest BCUT2D eigenvalue weighted by molar-refractivity contribution is -0.120. The third-order valence-corrected chi connectivity index (χ3v) is 3.86. The molecule has 1 aromatic rings. The molecule has 17 heavy (non-hydrogen) atoms. The second kappa shape index (κ2) is 5.81. The summed E-state index contributed by atoms with van der Waals surface area (Å²) in [6.45, 7) is 8.71. The zero-order valence-electron chi connectivity index (χ0n) is 11.1. The molecule has 0 spiro atoms. The molecule has 0 heterocycles. The summed E-state index contributed by atoms with van der Waals surface area (Å²) in [7, 11) is 0. The predicted octanol–water partition coefficient (Wildman–Crippen LogP) is 4.63. The van der Waals surface area contributed by atoms with Crippen LogP contribution in [0.2, 0.25) is 0 Å². The van der Waals surface area contributed by atoms with Gasteiger partial charge in [-0.1, -0.05) is 55.8 Å². The molecule has 1 nitrogen and oxygen atoms in total. The molecule has 0 aliphatic carbocycles. The number of halogens is 1. The standard InChI is InChI=1S/C15H21BrO/c1-11(15(2,3)4)9-14(17)10-12-5-7-13(16)8-6-12/h5-8,11H,9-10H2,1-4H3. The number of carbonyl (C=O) groups is 1. The van der Waals surface area contributed by atoms with Crippen molar-refractivity contribution < 1.29 is 4.79 Å². The van der Waals surface area contributed by atoms with Crippen LogP contribution in [0.25, 0.3) is 0 Å². The summed E-state index contributed by atoms with van der Waals surface area (Å²) in [4.78, 5) is 11.9. The van der Waals surface area contributed by atoms with Gasteiger partial charge in [-0.05, 0) is 29.0 Å². The van der Waals surface area contributed by atoms with Gasteiger partial charge in [0.2, 0.25) is 0 Å². The third kappa shape index (κ3) is 5.03. The van der Waals surface area contributed by atoms with E-state index in [9.17, 15) is 4.79 Å². The number of carbonyl (C=O) groups excluding carboxylic acids is 1. The van der Waals surface area contributed by atoms with Crippen molar-refractivity contribution >= 4 is 21.7 Å². The van der Waals surface area contributed by atoms with Gasteiger partial charge in [-0.25, -0.2) is 0 Å². The zero-order valence-corrected chi connectivity index (χ0v) is 12.7. The van der Waals surface area contributed by atoms with Gasteiger partial charge in [0.15, 0.2) is 0 Å². The van der Waals surface area contributed by atoms with Crippen LogP contribution in [0, 0.1) is 11.3 Å². The van der Waals surface area contributed by atoms with E-state index < -0.39 is 0 Å². The van der Waals surface area contributed by atoms with E-state index in [0.717, 1.165) is 10.0 Å². The van der Waals surface area contributed by atoms with Gasteiger partial charge in [0.1, 0.15) is 5.78 Å². The Morgan fingerprint density at radius 3 is 2.24 bits per heavy atom. The van der Waals surface area contributed by atoms with E-state index in [1.807, 2.05) is 24.3 Å². The van der Waals surface area contributed by atoms with Gasteiger partial charge in [0, 0.05) is 17.3 Å². The minimum Gasteiger partial charge on any atom is -0.299 e. The first-order valence-electron chi connectivity index (χ1n) is 6.05. The molecule has 0 aromatic heterocycles. The van der Waals surface area contributed by atoms with Gasteiger partial charge in [-0.2, -0.15) is 0 Å². The first-order chi connectivity index (χ1) is 7.79. The Morgan fingerprint density at radius 1 is 1.24 bits per heavy atom. The molecule has 0 radical (unpaired) electrons. The van der Waals surface area contributed by atoms with E-state index in [-0.39, 0.29) is 5.41 Å². The van der Waals surface area contributed by atoms with Crippen LogP contribution in [0.1, 0.15) is 39.7 Å². The highest BCUT2D eigenvalue weighted by molar-refractivity contribution is 9.10. The quantitative estimate of drug-likeness (QED) is 0.791. The SMILES string of the molecule is CC(CC(=O)Cc1ccc(Br)cc1)C(C)(C)C. The lowest BCUT2D eigenvalue weighted by atomic mass is 9.79. The average Bonchev–Trinajstić information content (AvgIpc) is 2.20. The molecule has 94 valence electrons. The van der Waals surface area contributed by atoms with E-state index in [1.165, 1.54) is 0 Å². The zero-order chi connectivity index (χ0) is 13.1. The lowest BCUT2D eigenvalue weighted by Crippen LogP contribution is -2.21. The summed E-state index contributed by atoms with van der Waals surface area (Å²) >= 11 is 3.39. The van der Waals surface area contributed by atoms with Crippen molar-refractivity contribution in [3.8, 4) is 0 Å². The predicted molar refractivity (Wildman–Crippen MR) is 76.1 cm³/mol. The summed E-state index contributed by atoms with van der Waals surface area (Å²) in [5.74, 6) is 0.750. The fourth-order valence-electron chi connectivity index (χ4n) is 1.55. The summed E-state index contributed by atoms with van der Waals surface area (Å²) < 4.78 is 1.05. The maximum Gasteiger partial charge on any atom is 0.137 e. The van der Waals surface area contributed by atoms with Gasteiger partial charge >= 0.3 is 0 Å². The number of hydrogen-bond donors (Lipinski definition) is 0. The van der Waals surface area contributed by atoms with E-state index in [2.05, 4.69) is 43.6 Å². The van der Waals surface area contributed by atoms with E-state index >= 15 is 0 Å². The molecule has 0 saturated heterocycles. The molecular formula is C15H21BrO. The Labute approximate surface area is 113 Å². The fourth-order valence-corrected chi connectivity index (χ4v) is 1.81. The van der Waals surface area contributed by atoms with Crippen LogP contribution < -0.4 is 0 Å². The summed E-state index contributed by atoms with van der Waals surface area (Å²) in [6, 6.07) is 7.97. The largest absolute Gasteiger partial charge is 0.299 e. The number of benzene rings is 1. The molecule has 0 amide bonds.